The fourth-order valence-corrected chi connectivity index (χ4v) is 2.46. The average molecular weight is 344 g/mol. The zero-order chi connectivity index (χ0) is 17.6. The Morgan fingerprint density at radius 2 is 2.04 bits per heavy atom. The Morgan fingerprint density at radius 1 is 1.33 bits per heavy atom. The van der Waals surface area contributed by atoms with E-state index in [0.29, 0.717) is 38.5 Å². The van der Waals surface area contributed by atoms with Crippen LogP contribution in [0.2, 0.25) is 0 Å². The second-order valence-electron chi connectivity index (χ2n) is 5.57. The fourth-order valence-electron chi connectivity index (χ4n) is 2.46. The SMILES string of the molecule is CCCNC(N)=NCc1ccc(N2CCOCC2)cc1C(F)(F)F. The van der Waals surface area contributed by atoms with Crippen LogP contribution in [0.1, 0.15) is 24.5 Å². The zero-order valence-corrected chi connectivity index (χ0v) is 13.7. The van der Waals surface area contributed by atoms with Crippen LogP contribution in [0, 0.1) is 0 Å². The number of ether oxygens (including phenoxy) is 1. The molecule has 8 heteroatoms. The molecule has 0 bridgehead atoms. The molecule has 5 nitrogen and oxygen atoms in total. The summed E-state index contributed by atoms with van der Waals surface area (Å²) in [5.41, 5.74) is 5.64. The molecule has 1 saturated heterocycles. The molecule has 0 saturated carbocycles. The molecule has 3 N–H and O–H groups in total. The first-order valence-electron chi connectivity index (χ1n) is 7.98. The van der Waals surface area contributed by atoms with Gasteiger partial charge in [-0.25, -0.2) is 4.99 Å². The minimum Gasteiger partial charge on any atom is -0.378 e. The number of hydrogen-bond acceptors (Lipinski definition) is 3. The van der Waals surface area contributed by atoms with Crippen LogP contribution in [0.15, 0.2) is 23.2 Å². The van der Waals surface area contributed by atoms with Crippen molar-refractivity contribution in [2.45, 2.75) is 26.1 Å². The monoisotopic (exact) mass is 344 g/mol. The molecule has 1 fully saturated rings. The molecule has 1 aromatic rings. The van der Waals surface area contributed by atoms with Crippen molar-refractivity contribution < 1.29 is 17.9 Å². The van der Waals surface area contributed by atoms with Crippen LogP contribution in [0.25, 0.3) is 0 Å². The van der Waals surface area contributed by atoms with Crippen molar-refractivity contribution in [1.82, 2.24) is 5.32 Å². The van der Waals surface area contributed by atoms with E-state index in [0.717, 1.165) is 6.42 Å². The van der Waals surface area contributed by atoms with Crippen molar-refractivity contribution in [3.05, 3.63) is 29.3 Å². The Balaban J connectivity index is 2.21. The summed E-state index contributed by atoms with van der Waals surface area (Å²) in [6, 6.07) is 4.36. The van der Waals surface area contributed by atoms with E-state index in [9.17, 15) is 13.2 Å². The number of nitrogens with one attached hydrogen (secondary N) is 1. The summed E-state index contributed by atoms with van der Waals surface area (Å²) < 4.78 is 45.4. The summed E-state index contributed by atoms with van der Waals surface area (Å²) in [7, 11) is 0. The van der Waals surface area contributed by atoms with Crippen molar-refractivity contribution in [2.75, 3.05) is 37.7 Å². The van der Waals surface area contributed by atoms with E-state index in [4.69, 9.17) is 10.5 Å². The molecule has 0 unspecified atom stereocenters. The minimum absolute atomic E-state index is 0.110. The smallest absolute Gasteiger partial charge is 0.378 e. The molecular formula is C16H23F3N4O. The number of nitrogens with zero attached hydrogens (tertiary/aromatic N) is 2. The third-order valence-corrected chi connectivity index (χ3v) is 3.75. The Morgan fingerprint density at radius 3 is 2.67 bits per heavy atom. The molecule has 1 heterocycles. The fraction of sp³-hybridized carbons (Fsp3) is 0.562. The first kappa shape index (κ1) is 18.4. The summed E-state index contributed by atoms with van der Waals surface area (Å²) in [6.07, 6.45) is -3.57. The van der Waals surface area contributed by atoms with Crippen LogP contribution in [0.5, 0.6) is 0 Å². The van der Waals surface area contributed by atoms with Gasteiger partial charge in [0.15, 0.2) is 5.96 Å². The van der Waals surface area contributed by atoms with E-state index in [-0.39, 0.29) is 18.1 Å². The standard InChI is InChI=1S/C16H23F3N4O/c1-2-5-21-15(20)22-11-12-3-4-13(10-14(12)16(17,18)19)23-6-8-24-9-7-23/h3-4,10H,2,5-9,11H2,1H3,(H3,20,21,22). The molecular weight excluding hydrogens is 321 g/mol. The van der Waals surface area contributed by atoms with Gasteiger partial charge in [0.2, 0.25) is 0 Å². The van der Waals surface area contributed by atoms with Crippen LogP contribution < -0.4 is 16.0 Å². The number of rotatable bonds is 5. The summed E-state index contributed by atoms with van der Waals surface area (Å²) in [5, 5.41) is 2.85. The molecule has 0 atom stereocenters. The highest BCUT2D eigenvalue weighted by atomic mass is 19.4. The number of anilines is 1. The third kappa shape index (κ3) is 5.02. The maximum atomic E-state index is 13.4. The number of morpholine rings is 1. The topological polar surface area (TPSA) is 62.9 Å². The van der Waals surface area contributed by atoms with Gasteiger partial charge in [-0.05, 0) is 24.1 Å². The Hall–Kier alpha value is -1.96. The molecule has 0 aromatic heterocycles. The van der Waals surface area contributed by atoms with E-state index >= 15 is 0 Å². The van der Waals surface area contributed by atoms with Gasteiger partial charge in [0, 0.05) is 25.3 Å². The lowest BCUT2D eigenvalue weighted by atomic mass is 10.1. The van der Waals surface area contributed by atoms with Gasteiger partial charge >= 0.3 is 6.18 Å². The van der Waals surface area contributed by atoms with Gasteiger partial charge in [0.1, 0.15) is 0 Å². The van der Waals surface area contributed by atoms with Crippen molar-refractivity contribution >= 4 is 11.6 Å². The Kier molecular flexibility index (Phi) is 6.30. The van der Waals surface area contributed by atoms with Crippen molar-refractivity contribution in [3.63, 3.8) is 0 Å². The lowest BCUT2D eigenvalue weighted by molar-refractivity contribution is -0.138. The van der Waals surface area contributed by atoms with E-state index in [1.165, 1.54) is 12.1 Å². The van der Waals surface area contributed by atoms with Gasteiger partial charge < -0.3 is 20.7 Å². The van der Waals surface area contributed by atoms with Gasteiger partial charge in [-0.1, -0.05) is 13.0 Å². The summed E-state index contributed by atoms with van der Waals surface area (Å²) in [4.78, 5) is 5.89. The van der Waals surface area contributed by atoms with Gasteiger partial charge in [0.05, 0.1) is 25.3 Å². The number of alkyl halides is 3. The van der Waals surface area contributed by atoms with Crippen LogP contribution in [0.4, 0.5) is 18.9 Å². The Labute approximate surface area is 139 Å². The highest BCUT2D eigenvalue weighted by Crippen LogP contribution is 2.35. The van der Waals surface area contributed by atoms with Crippen LogP contribution in [0.3, 0.4) is 0 Å². The molecule has 0 aliphatic carbocycles. The van der Waals surface area contributed by atoms with Gasteiger partial charge in [-0.3, -0.25) is 0 Å². The second-order valence-corrected chi connectivity index (χ2v) is 5.57. The molecule has 0 radical (unpaired) electrons. The highest BCUT2D eigenvalue weighted by molar-refractivity contribution is 5.77. The molecule has 134 valence electrons. The molecule has 1 aliphatic rings. The average Bonchev–Trinajstić information content (AvgIpc) is 2.58. The van der Waals surface area contributed by atoms with Crippen molar-refractivity contribution in [1.29, 1.82) is 0 Å². The van der Waals surface area contributed by atoms with E-state index in [1.54, 1.807) is 6.07 Å². The number of aliphatic imine (C=N–C) groups is 1. The normalized spacial score (nSPS) is 16.3. The quantitative estimate of drug-likeness (QED) is 0.636. The second kappa shape index (κ2) is 8.23. The maximum Gasteiger partial charge on any atom is 0.416 e. The first-order chi connectivity index (χ1) is 11.4. The first-order valence-corrected chi connectivity index (χ1v) is 7.98. The predicted octanol–water partition coefficient (Wildman–Crippen LogP) is 2.36. The molecule has 1 aromatic carbocycles. The number of guanidine groups is 1. The van der Waals surface area contributed by atoms with E-state index in [2.05, 4.69) is 10.3 Å². The number of halogens is 3. The highest BCUT2D eigenvalue weighted by Gasteiger charge is 2.34. The lowest BCUT2D eigenvalue weighted by Crippen LogP contribution is -2.36. The zero-order valence-electron chi connectivity index (χ0n) is 13.7. The molecule has 1 aliphatic heterocycles. The van der Waals surface area contributed by atoms with Gasteiger partial charge in [0.25, 0.3) is 0 Å². The lowest BCUT2D eigenvalue weighted by Gasteiger charge is -2.29. The molecule has 24 heavy (non-hydrogen) atoms. The molecule has 2 rings (SSSR count). The van der Waals surface area contributed by atoms with E-state index < -0.39 is 11.7 Å². The Bertz CT molecular complexity index is 569. The molecule has 0 spiro atoms. The maximum absolute atomic E-state index is 13.4. The number of hydrogen-bond donors (Lipinski definition) is 2. The minimum atomic E-state index is -4.43. The van der Waals surface area contributed by atoms with Crippen molar-refractivity contribution in [3.8, 4) is 0 Å². The third-order valence-electron chi connectivity index (χ3n) is 3.75. The predicted molar refractivity (Wildman–Crippen MR) is 88.1 cm³/mol. The summed E-state index contributed by atoms with van der Waals surface area (Å²) in [6.45, 7) is 4.70. The van der Waals surface area contributed by atoms with Crippen molar-refractivity contribution in [2.24, 2.45) is 10.7 Å². The summed E-state index contributed by atoms with van der Waals surface area (Å²) in [5.74, 6) is 0.155. The van der Waals surface area contributed by atoms with E-state index in [1.807, 2.05) is 11.8 Å². The van der Waals surface area contributed by atoms with Crippen LogP contribution in [-0.2, 0) is 17.5 Å². The van der Waals surface area contributed by atoms with Crippen LogP contribution in [-0.4, -0.2) is 38.8 Å². The van der Waals surface area contributed by atoms with Gasteiger partial charge in [-0.2, -0.15) is 13.2 Å². The van der Waals surface area contributed by atoms with Crippen LogP contribution >= 0.6 is 0 Å². The number of nitrogens with two attached hydrogens (primary N) is 1. The van der Waals surface area contributed by atoms with Gasteiger partial charge in [-0.15, -0.1) is 0 Å². The largest absolute Gasteiger partial charge is 0.416 e. The number of benzene rings is 1. The molecule has 0 amide bonds. The summed E-state index contributed by atoms with van der Waals surface area (Å²) >= 11 is 0.